The van der Waals surface area contributed by atoms with Gasteiger partial charge < -0.3 is 15.7 Å². The fourth-order valence-electron chi connectivity index (χ4n) is 1.77. The second-order valence-corrected chi connectivity index (χ2v) is 4.03. The first kappa shape index (κ1) is 13.0. The van der Waals surface area contributed by atoms with Crippen molar-refractivity contribution in [2.45, 2.75) is 32.9 Å². The molecule has 0 radical (unpaired) electrons. The van der Waals surface area contributed by atoms with Crippen LogP contribution in [-0.4, -0.2) is 24.3 Å². The Balaban J connectivity index is 2.82. The van der Waals surface area contributed by atoms with E-state index in [1.165, 1.54) is 5.69 Å². The number of hydrogen-bond acceptors (Lipinski definition) is 3. The molecule has 90 valence electrons. The summed E-state index contributed by atoms with van der Waals surface area (Å²) in [4.78, 5) is 2.28. The Hall–Kier alpha value is -1.06. The molecule has 0 aromatic heterocycles. The van der Waals surface area contributed by atoms with Crippen molar-refractivity contribution in [3.8, 4) is 0 Å². The molecular formula is C13H22N2O. The summed E-state index contributed by atoms with van der Waals surface area (Å²) in [5.41, 5.74) is 8.04. The van der Waals surface area contributed by atoms with Crippen LogP contribution in [0.15, 0.2) is 24.3 Å². The van der Waals surface area contributed by atoms with Gasteiger partial charge in [-0.1, -0.05) is 12.1 Å². The number of nitrogens with zero attached hydrogens (tertiary/aromatic N) is 1. The van der Waals surface area contributed by atoms with Gasteiger partial charge in [-0.25, -0.2) is 0 Å². The van der Waals surface area contributed by atoms with Gasteiger partial charge in [-0.3, -0.25) is 0 Å². The molecule has 3 N–H and O–H groups in total. The molecule has 0 amide bonds. The van der Waals surface area contributed by atoms with E-state index in [1.807, 2.05) is 12.1 Å². The fourth-order valence-corrected chi connectivity index (χ4v) is 1.77. The third-order valence-electron chi connectivity index (χ3n) is 2.93. The standard InChI is InChI=1S/C13H22N2O/c1-4-15(5-2)12-8-6-11(7-9-12)13(14)10(3)16/h6-10,13,16H,4-5,14H2,1-3H3/t10-,13-/m0/s1. The molecule has 1 aromatic rings. The van der Waals surface area contributed by atoms with Gasteiger partial charge in [-0.15, -0.1) is 0 Å². The van der Waals surface area contributed by atoms with Crippen molar-refractivity contribution in [2.24, 2.45) is 5.73 Å². The lowest BCUT2D eigenvalue weighted by atomic mass is 10.0. The maximum absolute atomic E-state index is 9.41. The summed E-state index contributed by atoms with van der Waals surface area (Å²) in [6.07, 6.45) is -0.515. The van der Waals surface area contributed by atoms with Crippen LogP contribution < -0.4 is 10.6 Å². The Morgan fingerprint density at radius 2 is 1.69 bits per heavy atom. The Morgan fingerprint density at radius 1 is 1.19 bits per heavy atom. The molecule has 1 rings (SSSR count). The van der Waals surface area contributed by atoms with Crippen molar-refractivity contribution in [1.29, 1.82) is 0 Å². The molecule has 2 atom stereocenters. The third kappa shape index (κ3) is 2.97. The highest BCUT2D eigenvalue weighted by atomic mass is 16.3. The molecular weight excluding hydrogens is 200 g/mol. The van der Waals surface area contributed by atoms with Crippen molar-refractivity contribution in [3.05, 3.63) is 29.8 Å². The molecule has 0 aliphatic rings. The van der Waals surface area contributed by atoms with Crippen LogP contribution >= 0.6 is 0 Å². The summed E-state index contributed by atoms with van der Waals surface area (Å²) in [6.45, 7) is 7.98. The number of anilines is 1. The first-order valence-electron chi connectivity index (χ1n) is 5.88. The van der Waals surface area contributed by atoms with Gasteiger partial charge in [-0.2, -0.15) is 0 Å². The maximum atomic E-state index is 9.41. The maximum Gasteiger partial charge on any atom is 0.0704 e. The summed E-state index contributed by atoms with van der Waals surface area (Å²) in [5, 5.41) is 9.41. The van der Waals surface area contributed by atoms with Gasteiger partial charge in [0, 0.05) is 18.8 Å². The summed E-state index contributed by atoms with van der Waals surface area (Å²) in [5.74, 6) is 0. The highest BCUT2D eigenvalue weighted by molar-refractivity contribution is 5.47. The molecule has 3 heteroatoms. The number of hydrogen-bond donors (Lipinski definition) is 2. The zero-order valence-corrected chi connectivity index (χ0v) is 10.4. The minimum Gasteiger partial charge on any atom is -0.391 e. The molecule has 0 saturated carbocycles. The quantitative estimate of drug-likeness (QED) is 0.800. The lowest BCUT2D eigenvalue weighted by molar-refractivity contribution is 0.164. The number of aliphatic hydroxyl groups is 1. The summed E-state index contributed by atoms with van der Waals surface area (Å²) < 4.78 is 0. The van der Waals surface area contributed by atoms with Gasteiger partial charge in [0.15, 0.2) is 0 Å². The van der Waals surface area contributed by atoms with Crippen LogP contribution in [0.1, 0.15) is 32.4 Å². The van der Waals surface area contributed by atoms with E-state index in [-0.39, 0.29) is 6.04 Å². The Kier molecular flexibility index (Phi) is 4.77. The average Bonchev–Trinajstić information content (AvgIpc) is 2.30. The van der Waals surface area contributed by atoms with E-state index in [0.717, 1.165) is 18.7 Å². The fraction of sp³-hybridized carbons (Fsp3) is 0.538. The summed E-state index contributed by atoms with van der Waals surface area (Å²) in [6, 6.07) is 7.80. The molecule has 0 bridgehead atoms. The molecule has 0 fully saturated rings. The van der Waals surface area contributed by atoms with Crippen LogP contribution in [-0.2, 0) is 0 Å². The minimum absolute atomic E-state index is 0.300. The molecule has 0 aliphatic heterocycles. The SMILES string of the molecule is CCN(CC)c1ccc([C@@H](N)[C@H](C)O)cc1. The molecule has 1 aromatic carbocycles. The van der Waals surface area contributed by atoms with Gasteiger partial charge in [0.05, 0.1) is 12.1 Å². The predicted molar refractivity (Wildman–Crippen MR) is 68.6 cm³/mol. The summed E-state index contributed by atoms with van der Waals surface area (Å²) in [7, 11) is 0. The van der Waals surface area contributed by atoms with E-state index in [0.29, 0.717) is 0 Å². The van der Waals surface area contributed by atoms with Crippen molar-refractivity contribution in [1.82, 2.24) is 0 Å². The van der Waals surface area contributed by atoms with Crippen LogP contribution in [0.5, 0.6) is 0 Å². The van der Waals surface area contributed by atoms with E-state index in [1.54, 1.807) is 6.92 Å². The highest BCUT2D eigenvalue weighted by Gasteiger charge is 2.11. The molecule has 0 saturated heterocycles. The monoisotopic (exact) mass is 222 g/mol. The normalized spacial score (nSPS) is 14.6. The van der Waals surface area contributed by atoms with Crippen LogP contribution in [0.4, 0.5) is 5.69 Å². The van der Waals surface area contributed by atoms with E-state index >= 15 is 0 Å². The number of nitrogens with two attached hydrogens (primary N) is 1. The van der Waals surface area contributed by atoms with Crippen LogP contribution in [0.3, 0.4) is 0 Å². The Bertz CT molecular complexity index is 283. The van der Waals surface area contributed by atoms with Gasteiger partial charge in [-0.05, 0) is 38.5 Å². The second kappa shape index (κ2) is 5.87. The van der Waals surface area contributed by atoms with Crippen molar-refractivity contribution in [3.63, 3.8) is 0 Å². The Labute approximate surface area is 97.9 Å². The molecule has 16 heavy (non-hydrogen) atoms. The smallest absolute Gasteiger partial charge is 0.0704 e. The molecule has 0 aliphatic carbocycles. The highest BCUT2D eigenvalue weighted by Crippen LogP contribution is 2.19. The van der Waals surface area contributed by atoms with E-state index in [9.17, 15) is 5.11 Å². The lowest BCUT2D eigenvalue weighted by Gasteiger charge is -2.22. The van der Waals surface area contributed by atoms with Crippen LogP contribution in [0, 0.1) is 0 Å². The number of aliphatic hydroxyl groups excluding tert-OH is 1. The van der Waals surface area contributed by atoms with Crippen molar-refractivity contribution >= 4 is 5.69 Å². The first-order valence-corrected chi connectivity index (χ1v) is 5.88. The third-order valence-corrected chi connectivity index (χ3v) is 2.93. The molecule has 0 spiro atoms. The molecule has 0 unspecified atom stereocenters. The van der Waals surface area contributed by atoms with Gasteiger partial charge in [0.1, 0.15) is 0 Å². The minimum atomic E-state index is -0.515. The number of benzene rings is 1. The average molecular weight is 222 g/mol. The van der Waals surface area contributed by atoms with E-state index in [2.05, 4.69) is 30.9 Å². The van der Waals surface area contributed by atoms with Gasteiger partial charge in [0.25, 0.3) is 0 Å². The topological polar surface area (TPSA) is 49.5 Å². The zero-order valence-electron chi connectivity index (χ0n) is 10.4. The Morgan fingerprint density at radius 3 is 2.06 bits per heavy atom. The van der Waals surface area contributed by atoms with Crippen molar-refractivity contribution < 1.29 is 5.11 Å². The van der Waals surface area contributed by atoms with E-state index in [4.69, 9.17) is 5.73 Å². The van der Waals surface area contributed by atoms with Crippen LogP contribution in [0.25, 0.3) is 0 Å². The van der Waals surface area contributed by atoms with E-state index < -0.39 is 6.10 Å². The lowest BCUT2D eigenvalue weighted by Crippen LogP contribution is -2.24. The van der Waals surface area contributed by atoms with Crippen LogP contribution in [0.2, 0.25) is 0 Å². The molecule has 0 heterocycles. The first-order chi connectivity index (χ1) is 7.60. The largest absolute Gasteiger partial charge is 0.391 e. The van der Waals surface area contributed by atoms with Crippen molar-refractivity contribution in [2.75, 3.05) is 18.0 Å². The predicted octanol–water partition coefficient (Wildman–Crippen LogP) is 1.91. The zero-order chi connectivity index (χ0) is 12.1. The summed E-state index contributed by atoms with van der Waals surface area (Å²) >= 11 is 0. The van der Waals surface area contributed by atoms with Gasteiger partial charge >= 0.3 is 0 Å². The van der Waals surface area contributed by atoms with Gasteiger partial charge in [0.2, 0.25) is 0 Å². The molecule has 3 nitrogen and oxygen atoms in total. The second-order valence-electron chi connectivity index (χ2n) is 4.03. The number of rotatable bonds is 5.